The summed E-state index contributed by atoms with van der Waals surface area (Å²) in [6.07, 6.45) is 1.18. The molecule has 0 amide bonds. The lowest BCUT2D eigenvalue weighted by Crippen LogP contribution is -2.47. The van der Waals surface area contributed by atoms with E-state index in [1.807, 2.05) is 20.8 Å². The Balaban J connectivity index is 2.72. The van der Waals surface area contributed by atoms with Crippen LogP contribution in [0.15, 0.2) is 0 Å². The van der Waals surface area contributed by atoms with E-state index in [1.54, 1.807) is 6.92 Å². The number of hydrogen-bond acceptors (Lipinski definition) is 4. The molecule has 1 saturated heterocycles. The molecule has 0 spiro atoms. The molecule has 1 aliphatic heterocycles. The second kappa shape index (κ2) is 5.81. The summed E-state index contributed by atoms with van der Waals surface area (Å²) in [5.41, 5.74) is -0.329. The fraction of sp³-hybridized carbons (Fsp3) is 1.00. The lowest BCUT2D eigenvalue weighted by molar-refractivity contribution is -0.142. The molecule has 0 aromatic rings. The molecule has 3 unspecified atom stereocenters. The Labute approximate surface area is 103 Å². The van der Waals surface area contributed by atoms with Gasteiger partial charge in [0.25, 0.3) is 0 Å². The highest BCUT2D eigenvalue weighted by molar-refractivity contribution is 7.47. The van der Waals surface area contributed by atoms with Gasteiger partial charge in [-0.05, 0) is 33.6 Å². The first-order chi connectivity index (χ1) is 7.82. The van der Waals surface area contributed by atoms with Gasteiger partial charge < -0.3 is 9.63 Å². The zero-order valence-electron chi connectivity index (χ0n) is 11.0. The van der Waals surface area contributed by atoms with Crippen LogP contribution in [0.5, 0.6) is 0 Å². The van der Waals surface area contributed by atoms with Crippen LogP contribution in [0.3, 0.4) is 0 Å². The molecule has 5 nitrogen and oxygen atoms in total. The molecule has 6 heteroatoms. The molecule has 17 heavy (non-hydrogen) atoms. The molecule has 1 aliphatic rings. The zero-order valence-corrected chi connectivity index (χ0v) is 11.9. The normalized spacial score (nSPS) is 32.1. The minimum atomic E-state index is -3.92. The summed E-state index contributed by atoms with van der Waals surface area (Å²) in [5, 5.41) is 0. The van der Waals surface area contributed by atoms with Gasteiger partial charge in [-0.2, -0.15) is 0 Å². The van der Waals surface area contributed by atoms with Gasteiger partial charge in [0.15, 0.2) is 0 Å². The van der Waals surface area contributed by atoms with Gasteiger partial charge in [-0.1, -0.05) is 6.92 Å². The van der Waals surface area contributed by atoms with Crippen molar-refractivity contribution in [3.63, 3.8) is 0 Å². The van der Waals surface area contributed by atoms with Gasteiger partial charge in [0.05, 0.1) is 18.3 Å². The van der Waals surface area contributed by atoms with E-state index in [9.17, 15) is 9.46 Å². The zero-order chi connectivity index (χ0) is 13.1. The van der Waals surface area contributed by atoms with Crippen molar-refractivity contribution < 1.29 is 23.2 Å². The van der Waals surface area contributed by atoms with Gasteiger partial charge >= 0.3 is 7.82 Å². The van der Waals surface area contributed by atoms with Gasteiger partial charge in [0.2, 0.25) is 0 Å². The number of rotatable bonds is 5. The lowest BCUT2D eigenvalue weighted by Gasteiger charge is -2.43. The van der Waals surface area contributed by atoms with Crippen LogP contribution in [-0.2, 0) is 18.3 Å². The first-order valence-corrected chi connectivity index (χ1v) is 7.61. The maximum atomic E-state index is 11.6. The topological polar surface area (TPSA) is 65.0 Å². The molecule has 0 aromatic carbocycles. The highest BCUT2D eigenvalue weighted by Gasteiger charge is 2.42. The number of hydrogen-bond donors (Lipinski definition) is 1. The Hall–Kier alpha value is 0.0700. The maximum Gasteiger partial charge on any atom is 0.472 e. The van der Waals surface area contributed by atoms with E-state index < -0.39 is 7.82 Å². The van der Waals surface area contributed by atoms with E-state index >= 15 is 0 Å². The van der Waals surface area contributed by atoms with Crippen molar-refractivity contribution in [2.24, 2.45) is 5.92 Å². The van der Waals surface area contributed by atoms with Crippen LogP contribution in [-0.4, -0.2) is 29.8 Å². The van der Waals surface area contributed by atoms with Gasteiger partial charge in [0, 0.05) is 12.5 Å². The molecule has 1 N–H and O–H groups in total. The Morgan fingerprint density at radius 1 is 1.47 bits per heavy atom. The second-order valence-corrected chi connectivity index (χ2v) is 6.19. The minimum absolute atomic E-state index is 0.0946. The monoisotopic (exact) mass is 266 g/mol. The summed E-state index contributed by atoms with van der Waals surface area (Å²) in [6.45, 7) is 8.37. The average molecular weight is 266 g/mol. The van der Waals surface area contributed by atoms with Crippen LogP contribution < -0.4 is 0 Å². The van der Waals surface area contributed by atoms with E-state index in [2.05, 4.69) is 0 Å². The SMILES string of the molecule is CCOP(=O)(O)OC1CCOC(C)(C)C1CC. The Morgan fingerprint density at radius 2 is 2.12 bits per heavy atom. The van der Waals surface area contributed by atoms with Crippen molar-refractivity contribution in [2.45, 2.75) is 52.2 Å². The summed E-state index contributed by atoms with van der Waals surface area (Å²) in [6, 6.07) is 0. The van der Waals surface area contributed by atoms with Crippen molar-refractivity contribution in [1.29, 1.82) is 0 Å². The molecule has 0 aliphatic carbocycles. The molecule has 0 radical (unpaired) electrons. The van der Waals surface area contributed by atoms with Gasteiger partial charge in [-0.3, -0.25) is 9.05 Å². The third kappa shape index (κ3) is 4.04. The third-order valence-corrected chi connectivity index (χ3v) is 4.34. The minimum Gasteiger partial charge on any atom is -0.375 e. The van der Waals surface area contributed by atoms with E-state index in [1.165, 1.54) is 0 Å². The van der Waals surface area contributed by atoms with E-state index in [-0.39, 0.29) is 24.2 Å². The van der Waals surface area contributed by atoms with Crippen molar-refractivity contribution in [3.8, 4) is 0 Å². The summed E-state index contributed by atoms with van der Waals surface area (Å²) >= 11 is 0. The Bertz CT molecular complexity index is 292. The summed E-state index contributed by atoms with van der Waals surface area (Å²) in [4.78, 5) is 9.52. The molecule has 1 heterocycles. The number of phosphoric ester groups is 1. The lowest BCUT2D eigenvalue weighted by atomic mass is 9.81. The molecule has 1 fully saturated rings. The van der Waals surface area contributed by atoms with Crippen molar-refractivity contribution in [3.05, 3.63) is 0 Å². The fourth-order valence-electron chi connectivity index (χ4n) is 2.44. The Kier molecular flexibility index (Phi) is 5.17. The van der Waals surface area contributed by atoms with Crippen LogP contribution >= 0.6 is 7.82 Å². The predicted molar refractivity (Wildman–Crippen MR) is 64.8 cm³/mol. The first-order valence-electron chi connectivity index (χ1n) is 6.12. The van der Waals surface area contributed by atoms with E-state index in [0.29, 0.717) is 13.0 Å². The molecule has 1 rings (SSSR count). The van der Waals surface area contributed by atoms with Crippen LogP contribution in [0.4, 0.5) is 0 Å². The third-order valence-electron chi connectivity index (χ3n) is 3.22. The quantitative estimate of drug-likeness (QED) is 0.775. The van der Waals surface area contributed by atoms with E-state index in [4.69, 9.17) is 13.8 Å². The molecular formula is C11H23O5P. The molecule has 3 atom stereocenters. The maximum absolute atomic E-state index is 11.6. The van der Waals surface area contributed by atoms with Crippen molar-refractivity contribution in [2.75, 3.05) is 13.2 Å². The molecule has 0 bridgehead atoms. The standard InChI is InChI=1S/C11H23O5P/c1-5-9-10(7-8-14-11(9,3)4)16-17(12,13)15-6-2/h9-10H,5-8H2,1-4H3,(H,12,13). The fourth-order valence-corrected chi connectivity index (χ4v) is 3.42. The molecular weight excluding hydrogens is 243 g/mol. The van der Waals surface area contributed by atoms with Gasteiger partial charge in [-0.25, -0.2) is 4.57 Å². The number of phosphoric acid groups is 1. The van der Waals surface area contributed by atoms with Gasteiger partial charge in [0.1, 0.15) is 0 Å². The van der Waals surface area contributed by atoms with Crippen LogP contribution in [0.25, 0.3) is 0 Å². The summed E-state index contributed by atoms with van der Waals surface area (Å²) in [7, 11) is -3.92. The van der Waals surface area contributed by atoms with Gasteiger partial charge in [-0.15, -0.1) is 0 Å². The van der Waals surface area contributed by atoms with Crippen LogP contribution in [0.2, 0.25) is 0 Å². The Morgan fingerprint density at radius 3 is 2.65 bits per heavy atom. The summed E-state index contributed by atoms with van der Waals surface area (Å²) in [5.74, 6) is 0.0946. The van der Waals surface area contributed by atoms with Crippen LogP contribution in [0, 0.1) is 5.92 Å². The average Bonchev–Trinajstić information content (AvgIpc) is 2.15. The largest absolute Gasteiger partial charge is 0.472 e. The highest BCUT2D eigenvalue weighted by Crippen LogP contribution is 2.48. The van der Waals surface area contributed by atoms with Crippen LogP contribution in [0.1, 0.15) is 40.5 Å². The predicted octanol–water partition coefficient (Wildman–Crippen LogP) is 2.73. The van der Waals surface area contributed by atoms with Crippen molar-refractivity contribution in [1.82, 2.24) is 0 Å². The highest BCUT2D eigenvalue weighted by atomic mass is 31.2. The molecule has 0 aromatic heterocycles. The second-order valence-electron chi connectivity index (χ2n) is 4.79. The molecule has 0 saturated carbocycles. The number of ether oxygens (including phenoxy) is 1. The summed E-state index contributed by atoms with van der Waals surface area (Å²) < 4.78 is 27.3. The molecule has 102 valence electrons. The first kappa shape index (κ1) is 15.1. The van der Waals surface area contributed by atoms with E-state index in [0.717, 1.165) is 6.42 Å². The van der Waals surface area contributed by atoms with Crippen molar-refractivity contribution >= 4 is 7.82 Å². The smallest absolute Gasteiger partial charge is 0.375 e.